The van der Waals surface area contributed by atoms with Gasteiger partial charge in [0.2, 0.25) is 5.91 Å². The summed E-state index contributed by atoms with van der Waals surface area (Å²) in [6, 6.07) is 15.7. The minimum atomic E-state index is -0.484. The van der Waals surface area contributed by atoms with Gasteiger partial charge < -0.3 is 10.6 Å². The molecule has 1 amide bonds. The largest absolute Gasteiger partial charge is 0.366 e. The molecule has 8 heteroatoms. The molecule has 0 aliphatic heterocycles. The second kappa shape index (κ2) is 9.23. The number of aromatic nitrogens is 1. The molecule has 0 saturated heterocycles. The number of pyridine rings is 1. The number of carbonyl (C=O) groups is 1. The van der Waals surface area contributed by atoms with Crippen LogP contribution in [0.3, 0.4) is 0 Å². The van der Waals surface area contributed by atoms with Crippen LogP contribution in [0.15, 0.2) is 72.9 Å². The van der Waals surface area contributed by atoms with Crippen LogP contribution in [0.4, 0.5) is 21.6 Å². The fourth-order valence-corrected chi connectivity index (χ4v) is 2.46. The zero-order valence-corrected chi connectivity index (χ0v) is 15.2. The summed E-state index contributed by atoms with van der Waals surface area (Å²) >= 11 is 0. The Hall–Kier alpha value is -4.07. The predicted octanol–water partition coefficient (Wildman–Crippen LogP) is 4.39. The number of nitrogens with one attached hydrogen (secondary N) is 2. The average molecular weight is 392 g/mol. The lowest BCUT2D eigenvalue weighted by Crippen LogP contribution is -2.08. The first-order valence-electron chi connectivity index (χ1n) is 8.68. The van der Waals surface area contributed by atoms with Gasteiger partial charge >= 0.3 is 0 Å². The van der Waals surface area contributed by atoms with Gasteiger partial charge in [0, 0.05) is 30.3 Å². The van der Waals surface area contributed by atoms with Gasteiger partial charge in [0.05, 0.1) is 16.8 Å². The van der Waals surface area contributed by atoms with Crippen molar-refractivity contribution < 1.29 is 14.1 Å². The topological polar surface area (TPSA) is 97.2 Å². The number of amides is 1. The molecule has 0 atom stereocenters. The number of anilines is 2. The van der Waals surface area contributed by atoms with E-state index in [9.17, 15) is 19.3 Å². The van der Waals surface area contributed by atoms with Crippen LogP contribution in [0, 0.1) is 15.9 Å². The summed E-state index contributed by atoms with van der Waals surface area (Å²) in [5.41, 5.74) is 1.68. The van der Waals surface area contributed by atoms with E-state index in [0.717, 1.165) is 0 Å². The number of nitrogens with zero attached hydrogens (tertiary/aromatic N) is 2. The molecule has 29 heavy (non-hydrogen) atoms. The maximum absolute atomic E-state index is 13.6. The van der Waals surface area contributed by atoms with E-state index in [1.54, 1.807) is 48.5 Å². The van der Waals surface area contributed by atoms with Crippen molar-refractivity contribution in [1.29, 1.82) is 0 Å². The zero-order chi connectivity index (χ0) is 20.6. The normalized spacial score (nSPS) is 10.7. The van der Waals surface area contributed by atoms with Crippen LogP contribution in [0.2, 0.25) is 0 Å². The van der Waals surface area contributed by atoms with Crippen LogP contribution in [-0.4, -0.2) is 15.8 Å². The number of benzene rings is 2. The first kappa shape index (κ1) is 19.7. The van der Waals surface area contributed by atoms with E-state index in [4.69, 9.17) is 0 Å². The minimum absolute atomic E-state index is 0.0126. The lowest BCUT2D eigenvalue weighted by molar-refractivity contribution is -0.384. The van der Waals surface area contributed by atoms with E-state index < -0.39 is 4.92 Å². The van der Waals surface area contributed by atoms with Crippen molar-refractivity contribution in [1.82, 2.24) is 4.98 Å². The highest BCUT2D eigenvalue weighted by molar-refractivity contribution is 6.01. The minimum Gasteiger partial charge on any atom is -0.366 e. The Balaban J connectivity index is 1.53. The Bertz CT molecular complexity index is 1030. The molecule has 0 fully saturated rings. The summed E-state index contributed by atoms with van der Waals surface area (Å²) in [5.74, 6) is -0.103. The summed E-state index contributed by atoms with van der Waals surface area (Å²) in [7, 11) is 0. The average Bonchev–Trinajstić information content (AvgIpc) is 2.73. The molecule has 2 aromatic carbocycles. The number of nitro benzene ring substituents is 1. The van der Waals surface area contributed by atoms with Gasteiger partial charge in [-0.3, -0.25) is 14.9 Å². The summed E-state index contributed by atoms with van der Waals surface area (Å²) < 4.78 is 13.6. The van der Waals surface area contributed by atoms with Crippen molar-refractivity contribution >= 4 is 29.2 Å². The Morgan fingerprint density at radius 2 is 1.86 bits per heavy atom. The van der Waals surface area contributed by atoms with Gasteiger partial charge in [-0.05, 0) is 42.0 Å². The van der Waals surface area contributed by atoms with E-state index in [-0.39, 0.29) is 17.4 Å². The monoisotopic (exact) mass is 392 g/mol. The Kier molecular flexibility index (Phi) is 6.26. The van der Waals surface area contributed by atoms with Crippen LogP contribution in [0.1, 0.15) is 11.1 Å². The lowest BCUT2D eigenvalue weighted by atomic mass is 10.2. The summed E-state index contributed by atoms with van der Waals surface area (Å²) in [4.78, 5) is 26.3. The van der Waals surface area contributed by atoms with Crippen LogP contribution in [-0.2, 0) is 11.3 Å². The third kappa shape index (κ3) is 5.70. The van der Waals surface area contributed by atoms with Gasteiger partial charge in [-0.2, -0.15) is 0 Å². The predicted molar refractivity (Wildman–Crippen MR) is 109 cm³/mol. The van der Waals surface area contributed by atoms with E-state index in [1.165, 1.54) is 30.5 Å². The van der Waals surface area contributed by atoms with Crippen LogP contribution >= 0.6 is 0 Å². The molecule has 0 aliphatic rings. The van der Waals surface area contributed by atoms with Gasteiger partial charge in [0.1, 0.15) is 11.6 Å². The van der Waals surface area contributed by atoms with Crippen LogP contribution in [0.5, 0.6) is 0 Å². The fraction of sp³-hybridized carbons (Fsp3) is 0.0476. The number of carbonyl (C=O) groups excluding carboxylic acids is 1. The number of rotatable bonds is 7. The van der Waals surface area contributed by atoms with Crippen LogP contribution < -0.4 is 10.6 Å². The standard InChI is InChI=1S/C21H17FN4O3/c22-19-4-2-1-3-16(19)13-23-20-11-8-17(14-24-20)25-21(27)12-7-15-5-9-18(10-6-15)26(28)29/h1-12,14H,13H2,(H,23,24)(H,25,27)/b12-7+. The highest BCUT2D eigenvalue weighted by Crippen LogP contribution is 2.14. The molecule has 146 valence electrons. The lowest BCUT2D eigenvalue weighted by Gasteiger charge is -2.07. The maximum atomic E-state index is 13.6. The number of nitro groups is 1. The highest BCUT2D eigenvalue weighted by atomic mass is 19.1. The summed E-state index contributed by atoms with van der Waals surface area (Å²) in [5, 5.41) is 16.3. The summed E-state index contributed by atoms with van der Waals surface area (Å²) in [6.07, 6.45) is 4.36. The van der Waals surface area contributed by atoms with Gasteiger partial charge in [0.15, 0.2) is 0 Å². The molecule has 3 aromatic rings. The van der Waals surface area contributed by atoms with Crippen molar-refractivity contribution in [3.05, 3.63) is 100.0 Å². The van der Waals surface area contributed by atoms with Gasteiger partial charge in [-0.1, -0.05) is 18.2 Å². The first-order valence-corrected chi connectivity index (χ1v) is 8.68. The number of non-ortho nitro benzene ring substituents is 1. The Labute approximate surface area is 166 Å². The number of halogens is 1. The van der Waals surface area contributed by atoms with Crippen molar-refractivity contribution in [3.63, 3.8) is 0 Å². The van der Waals surface area contributed by atoms with E-state index >= 15 is 0 Å². The highest BCUT2D eigenvalue weighted by Gasteiger charge is 2.04. The molecule has 0 aliphatic carbocycles. The van der Waals surface area contributed by atoms with Gasteiger partial charge in [-0.25, -0.2) is 9.37 Å². The molecule has 3 rings (SSSR count). The number of hydrogen-bond donors (Lipinski definition) is 2. The molecule has 0 spiro atoms. The molecule has 1 heterocycles. The number of hydrogen-bond acceptors (Lipinski definition) is 5. The molecule has 7 nitrogen and oxygen atoms in total. The third-order valence-electron chi connectivity index (χ3n) is 3.98. The summed E-state index contributed by atoms with van der Waals surface area (Å²) in [6.45, 7) is 0.295. The Morgan fingerprint density at radius 3 is 2.52 bits per heavy atom. The first-order chi connectivity index (χ1) is 14.0. The Morgan fingerprint density at radius 1 is 1.10 bits per heavy atom. The van der Waals surface area contributed by atoms with Crippen molar-refractivity contribution in [2.45, 2.75) is 6.54 Å². The van der Waals surface area contributed by atoms with Gasteiger partial charge in [-0.15, -0.1) is 0 Å². The van der Waals surface area contributed by atoms with E-state index in [0.29, 0.717) is 29.2 Å². The molecule has 2 N–H and O–H groups in total. The SMILES string of the molecule is O=C(/C=C/c1ccc([N+](=O)[O-])cc1)Nc1ccc(NCc2ccccc2F)nc1. The van der Waals surface area contributed by atoms with Crippen LogP contribution in [0.25, 0.3) is 6.08 Å². The second-order valence-corrected chi connectivity index (χ2v) is 6.05. The van der Waals surface area contributed by atoms with Crippen molar-refractivity contribution in [3.8, 4) is 0 Å². The molecule has 0 bridgehead atoms. The van der Waals surface area contributed by atoms with Crippen molar-refractivity contribution in [2.24, 2.45) is 0 Å². The third-order valence-corrected chi connectivity index (χ3v) is 3.98. The molecule has 0 saturated carbocycles. The van der Waals surface area contributed by atoms with Crippen molar-refractivity contribution in [2.75, 3.05) is 10.6 Å². The van der Waals surface area contributed by atoms with E-state index in [1.807, 2.05) is 0 Å². The van der Waals surface area contributed by atoms with E-state index in [2.05, 4.69) is 15.6 Å². The quantitative estimate of drug-likeness (QED) is 0.353. The second-order valence-electron chi connectivity index (χ2n) is 6.05. The molecule has 1 aromatic heterocycles. The molecule has 0 radical (unpaired) electrons. The molecule has 0 unspecified atom stereocenters. The zero-order valence-electron chi connectivity index (χ0n) is 15.2. The van der Waals surface area contributed by atoms with Gasteiger partial charge in [0.25, 0.3) is 5.69 Å². The fourth-order valence-electron chi connectivity index (χ4n) is 2.46. The molecular weight excluding hydrogens is 375 g/mol. The molecular formula is C21H17FN4O3. The maximum Gasteiger partial charge on any atom is 0.269 e. The smallest absolute Gasteiger partial charge is 0.269 e.